The van der Waals surface area contributed by atoms with Crippen molar-refractivity contribution in [1.29, 1.82) is 0 Å². The first-order chi connectivity index (χ1) is 7.38. The minimum Gasteiger partial charge on any atom is -0.507 e. The second kappa shape index (κ2) is 4.69. The zero-order valence-corrected chi connectivity index (χ0v) is 10.4. The number of benzene rings is 1. The molecule has 0 aliphatic heterocycles. The Kier molecular flexibility index (Phi) is 3.74. The average molecular weight is 220 g/mol. The van der Waals surface area contributed by atoms with Gasteiger partial charge in [0.15, 0.2) is 0 Å². The van der Waals surface area contributed by atoms with Gasteiger partial charge in [0.2, 0.25) is 0 Å². The van der Waals surface area contributed by atoms with Crippen molar-refractivity contribution in [3.63, 3.8) is 0 Å². The molecule has 1 rings (SSSR count). The van der Waals surface area contributed by atoms with Gasteiger partial charge in [-0.05, 0) is 22.5 Å². The van der Waals surface area contributed by atoms with Gasteiger partial charge in [0.05, 0.1) is 0 Å². The Morgan fingerprint density at radius 1 is 1.38 bits per heavy atom. The van der Waals surface area contributed by atoms with E-state index in [0.29, 0.717) is 12.2 Å². The van der Waals surface area contributed by atoms with Crippen molar-refractivity contribution in [2.24, 2.45) is 0 Å². The van der Waals surface area contributed by atoms with E-state index in [1.54, 1.807) is 0 Å². The highest BCUT2D eigenvalue weighted by atomic mass is 16.3. The molecule has 2 heteroatoms. The monoisotopic (exact) mass is 220 g/mol. The number of carbonyl (C=O) groups is 1. The third-order valence-electron chi connectivity index (χ3n) is 2.86. The minimum absolute atomic E-state index is 0.0693. The molecule has 0 radical (unpaired) electrons. The zero-order chi connectivity index (χ0) is 12.3. The SMILES string of the molecule is CC(CC=O)c1cccc(C(C)(C)C)c1O. The summed E-state index contributed by atoms with van der Waals surface area (Å²) in [5.41, 5.74) is 1.71. The van der Waals surface area contributed by atoms with Crippen LogP contribution in [0.3, 0.4) is 0 Å². The number of hydrogen-bond acceptors (Lipinski definition) is 2. The van der Waals surface area contributed by atoms with Crippen LogP contribution in [0.25, 0.3) is 0 Å². The number of hydrogen-bond donors (Lipinski definition) is 1. The molecule has 1 atom stereocenters. The first-order valence-corrected chi connectivity index (χ1v) is 5.64. The fourth-order valence-corrected chi connectivity index (χ4v) is 1.84. The number of aldehydes is 1. The van der Waals surface area contributed by atoms with Crippen molar-refractivity contribution < 1.29 is 9.90 Å². The van der Waals surface area contributed by atoms with Crippen LogP contribution in [0.2, 0.25) is 0 Å². The molecular weight excluding hydrogens is 200 g/mol. The molecule has 0 saturated carbocycles. The fraction of sp³-hybridized carbons (Fsp3) is 0.500. The molecule has 0 aliphatic carbocycles. The summed E-state index contributed by atoms with van der Waals surface area (Å²) < 4.78 is 0. The predicted octanol–water partition coefficient (Wildman–Crippen LogP) is 3.38. The van der Waals surface area contributed by atoms with E-state index in [1.807, 2.05) is 25.1 Å². The Hall–Kier alpha value is -1.31. The van der Waals surface area contributed by atoms with Gasteiger partial charge in [-0.25, -0.2) is 0 Å². The molecule has 0 amide bonds. The molecule has 0 aliphatic rings. The van der Waals surface area contributed by atoms with Gasteiger partial charge < -0.3 is 9.90 Å². The predicted molar refractivity (Wildman–Crippen MR) is 65.9 cm³/mol. The maximum absolute atomic E-state index is 10.5. The lowest BCUT2D eigenvalue weighted by Crippen LogP contribution is -2.12. The molecule has 1 unspecified atom stereocenters. The molecule has 0 fully saturated rings. The lowest BCUT2D eigenvalue weighted by Gasteiger charge is -2.23. The molecule has 1 aromatic carbocycles. The van der Waals surface area contributed by atoms with E-state index in [2.05, 4.69) is 20.8 Å². The Bertz CT molecular complexity index is 375. The van der Waals surface area contributed by atoms with Gasteiger partial charge in [-0.15, -0.1) is 0 Å². The number of aromatic hydroxyl groups is 1. The Morgan fingerprint density at radius 2 is 2.00 bits per heavy atom. The highest BCUT2D eigenvalue weighted by Gasteiger charge is 2.21. The first kappa shape index (κ1) is 12.8. The number of phenolic OH excluding ortho intramolecular Hbond substituents is 1. The normalized spacial score (nSPS) is 13.5. The van der Waals surface area contributed by atoms with Crippen LogP contribution >= 0.6 is 0 Å². The number of phenols is 1. The zero-order valence-electron chi connectivity index (χ0n) is 10.4. The van der Waals surface area contributed by atoms with E-state index < -0.39 is 0 Å². The van der Waals surface area contributed by atoms with Crippen LogP contribution in [0.15, 0.2) is 18.2 Å². The summed E-state index contributed by atoms with van der Waals surface area (Å²) in [5.74, 6) is 0.407. The molecule has 0 aromatic heterocycles. The van der Waals surface area contributed by atoms with Crippen molar-refractivity contribution in [2.45, 2.75) is 45.4 Å². The smallest absolute Gasteiger partial charge is 0.122 e. The Balaban J connectivity index is 3.18. The first-order valence-electron chi connectivity index (χ1n) is 5.64. The molecule has 0 spiro atoms. The van der Waals surface area contributed by atoms with Crippen molar-refractivity contribution in [3.05, 3.63) is 29.3 Å². The van der Waals surface area contributed by atoms with Crippen LogP contribution in [0.5, 0.6) is 5.75 Å². The number of rotatable bonds is 3. The van der Waals surface area contributed by atoms with Crippen molar-refractivity contribution >= 4 is 6.29 Å². The second-order valence-corrected chi connectivity index (χ2v) is 5.30. The molecule has 2 nitrogen and oxygen atoms in total. The largest absolute Gasteiger partial charge is 0.507 e. The topological polar surface area (TPSA) is 37.3 Å². The molecule has 0 heterocycles. The fourth-order valence-electron chi connectivity index (χ4n) is 1.84. The third-order valence-corrected chi connectivity index (χ3v) is 2.86. The van der Waals surface area contributed by atoms with E-state index in [4.69, 9.17) is 0 Å². The molecule has 16 heavy (non-hydrogen) atoms. The highest BCUT2D eigenvalue weighted by molar-refractivity contribution is 5.54. The number of carbonyl (C=O) groups excluding carboxylic acids is 1. The summed E-state index contributed by atoms with van der Waals surface area (Å²) in [6, 6.07) is 5.77. The molecule has 1 N–H and O–H groups in total. The van der Waals surface area contributed by atoms with E-state index >= 15 is 0 Å². The average Bonchev–Trinajstić information content (AvgIpc) is 2.16. The Labute approximate surface area is 97.3 Å². The van der Waals surface area contributed by atoms with Crippen LogP contribution < -0.4 is 0 Å². The minimum atomic E-state index is -0.0823. The number of para-hydroxylation sites is 1. The van der Waals surface area contributed by atoms with E-state index in [-0.39, 0.29) is 11.3 Å². The summed E-state index contributed by atoms with van der Waals surface area (Å²) in [7, 11) is 0. The quantitative estimate of drug-likeness (QED) is 0.793. The summed E-state index contributed by atoms with van der Waals surface area (Å²) >= 11 is 0. The van der Waals surface area contributed by atoms with Crippen LogP contribution in [0.4, 0.5) is 0 Å². The van der Waals surface area contributed by atoms with Gasteiger partial charge in [0.1, 0.15) is 12.0 Å². The van der Waals surface area contributed by atoms with Gasteiger partial charge in [-0.1, -0.05) is 45.9 Å². The van der Waals surface area contributed by atoms with Crippen molar-refractivity contribution in [1.82, 2.24) is 0 Å². The van der Waals surface area contributed by atoms with Crippen molar-refractivity contribution in [2.75, 3.05) is 0 Å². The summed E-state index contributed by atoms with van der Waals surface area (Å²) in [5, 5.41) is 10.2. The van der Waals surface area contributed by atoms with Crippen molar-refractivity contribution in [3.8, 4) is 5.75 Å². The van der Waals surface area contributed by atoms with E-state index in [1.165, 1.54) is 0 Å². The van der Waals surface area contributed by atoms with Crippen LogP contribution in [-0.4, -0.2) is 11.4 Å². The second-order valence-electron chi connectivity index (χ2n) is 5.30. The van der Waals surface area contributed by atoms with Crippen LogP contribution in [0, 0.1) is 0 Å². The molecular formula is C14H20O2. The van der Waals surface area contributed by atoms with E-state index in [9.17, 15) is 9.90 Å². The summed E-state index contributed by atoms with van der Waals surface area (Å²) in [6.07, 6.45) is 1.34. The van der Waals surface area contributed by atoms with Crippen LogP contribution in [0.1, 0.15) is 51.2 Å². The summed E-state index contributed by atoms with van der Waals surface area (Å²) in [4.78, 5) is 10.5. The van der Waals surface area contributed by atoms with Crippen LogP contribution in [-0.2, 0) is 10.2 Å². The molecule has 0 saturated heterocycles. The lowest BCUT2D eigenvalue weighted by molar-refractivity contribution is -0.108. The van der Waals surface area contributed by atoms with Gasteiger partial charge in [0.25, 0.3) is 0 Å². The van der Waals surface area contributed by atoms with E-state index in [0.717, 1.165) is 17.4 Å². The van der Waals surface area contributed by atoms with Gasteiger partial charge in [0, 0.05) is 6.42 Å². The standard InChI is InChI=1S/C14H20O2/c1-10(8-9-15)11-6-5-7-12(13(11)16)14(2,3)4/h5-7,9-10,16H,8H2,1-4H3. The maximum Gasteiger partial charge on any atom is 0.122 e. The molecule has 1 aromatic rings. The highest BCUT2D eigenvalue weighted by Crippen LogP contribution is 2.36. The summed E-state index contributed by atoms with van der Waals surface area (Å²) in [6.45, 7) is 8.15. The molecule has 0 bridgehead atoms. The maximum atomic E-state index is 10.5. The van der Waals surface area contributed by atoms with Gasteiger partial charge in [-0.2, -0.15) is 0 Å². The molecule has 88 valence electrons. The van der Waals surface area contributed by atoms with Gasteiger partial charge in [-0.3, -0.25) is 0 Å². The van der Waals surface area contributed by atoms with Gasteiger partial charge >= 0.3 is 0 Å². The third kappa shape index (κ3) is 2.63. The lowest BCUT2D eigenvalue weighted by atomic mass is 9.83. The Morgan fingerprint density at radius 3 is 2.50 bits per heavy atom.